The zero-order valence-corrected chi connectivity index (χ0v) is 28.7. The first-order chi connectivity index (χ1) is 22.0. The number of thioether (sulfide) groups is 1. The Morgan fingerprint density at radius 2 is 1.87 bits per heavy atom. The van der Waals surface area contributed by atoms with Crippen molar-refractivity contribution in [3.05, 3.63) is 105 Å². The summed E-state index contributed by atoms with van der Waals surface area (Å²) < 4.78 is 32.5. The van der Waals surface area contributed by atoms with Crippen LogP contribution in [0.1, 0.15) is 60.2 Å². The maximum atomic E-state index is 13.5. The van der Waals surface area contributed by atoms with Crippen molar-refractivity contribution in [1.29, 1.82) is 0 Å². The molecule has 3 aromatic carbocycles. The van der Waals surface area contributed by atoms with Crippen molar-refractivity contribution >= 4 is 56.1 Å². The van der Waals surface area contributed by atoms with Crippen molar-refractivity contribution in [2.45, 2.75) is 60.6 Å². The van der Waals surface area contributed by atoms with E-state index in [-0.39, 0.29) is 28.6 Å². The molecule has 2 N–H and O–H groups in total. The van der Waals surface area contributed by atoms with Crippen LogP contribution in [-0.4, -0.2) is 45.7 Å². The largest absolute Gasteiger partial charge is 0.483 e. The molecule has 0 saturated carbocycles. The monoisotopic (exact) mass is 696 g/mol. The first-order valence-corrected chi connectivity index (χ1v) is 18.3. The van der Waals surface area contributed by atoms with E-state index >= 15 is 0 Å². The first kappa shape index (κ1) is 33.6. The van der Waals surface area contributed by atoms with Crippen LogP contribution in [0.3, 0.4) is 0 Å². The van der Waals surface area contributed by atoms with Crippen LogP contribution < -0.4 is 10.1 Å². The highest BCUT2D eigenvalue weighted by molar-refractivity contribution is 8.00. The third kappa shape index (κ3) is 9.15. The summed E-state index contributed by atoms with van der Waals surface area (Å²) >= 11 is 9.18. The number of anilines is 1. The second-order valence-electron chi connectivity index (χ2n) is 11.5. The summed E-state index contributed by atoms with van der Waals surface area (Å²) in [7, 11) is -3.47. The van der Waals surface area contributed by atoms with Gasteiger partial charge in [-0.2, -0.15) is 0 Å². The van der Waals surface area contributed by atoms with Gasteiger partial charge in [0.1, 0.15) is 16.7 Å². The second kappa shape index (κ2) is 14.8. The van der Waals surface area contributed by atoms with Crippen molar-refractivity contribution in [1.82, 2.24) is 25.6 Å². The fraction of sp³-hybridized carbons (Fsp3) is 0.281. The zero-order valence-electron chi connectivity index (χ0n) is 25.5. The molecule has 240 valence electrons. The third-order valence-corrected chi connectivity index (χ3v) is 11.1. The molecule has 0 aliphatic heterocycles. The van der Waals surface area contributed by atoms with Gasteiger partial charge in [0.25, 0.3) is 5.91 Å². The minimum Gasteiger partial charge on any atom is -0.483 e. The smallest absolute Gasteiger partial charge is 0.255 e. The highest BCUT2D eigenvalue weighted by Gasteiger charge is 2.18. The second-order valence-corrected chi connectivity index (χ2v) is 16.2. The summed E-state index contributed by atoms with van der Waals surface area (Å²) in [6.07, 6.45) is 0.862. The molecule has 1 amide bonds. The van der Waals surface area contributed by atoms with Crippen LogP contribution in [-0.2, 0) is 34.0 Å². The Morgan fingerprint density at radius 1 is 1.07 bits per heavy atom. The van der Waals surface area contributed by atoms with Gasteiger partial charge in [0.2, 0.25) is 0 Å². The average molecular weight is 697 g/mol. The number of halogens is 1. The molecule has 2 aromatic heterocycles. The average Bonchev–Trinajstić information content (AvgIpc) is 3.73. The highest BCUT2D eigenvalue weighted by atomic mass is 35.5. The summed E-state index contributed by atoms with van der Waals surface area (Å²) in [5.41, 5.74) is 3.85. The van der Waals surface area contributed by atoms with Crippen LogP contribution >= 0.6 is 34.7 Å². The molecule has 10 nitrogen and oxygen atoms in total. The lowest BCUT2D eigenvalue weighted by Gasteiger charge is -2.14. The third-order valence-electron chi connectivity index (χ3n) is 6.90. The van der Waals surface area contributed by atoms with Gasteiger partial charge < -0.3 is 10.1 Å². The molecular weight excluding hydrogens is 664 g/mol. The lowest BCUT2D eigenvalue weighted by atomic mass is 9.93. The minimum absolute atomic E-state index is 0.00592. The molecule has 0 unspecified atom stereocenters. The number of aromatic amines is 1. The molecule has 0 fully saturated rings. The number of carbonyl (C=O) groups excluding carboxylic acids is 1. The van der Waals surface area contributed by atoms with E-state index in [0.717, 1.165) is 21.2 Å². The summed E-state index contributed by atoms with van der Waals surface area (Å²) in [4.78, 5) is 18.5. The van der Waals surface area contributed by atoms with Gasteiger partial charge in [-0.25, -0.2) is 18.5 Å². The Morgan fingerprint density at radius 3 is 2.59 bits per heavy atom. The molecule has 2 heterocycles. The number of H-pyrrole nitrogens is 1. The molecule has 0 aliphatic carbocycles. The van der Waals surface area contributed by atoms with Crippen LogP contribution in [0.25, 0.3) is 0 Å². The Balaban J connectivity index is 1.27. The zero-order chi connectivity index (χ0) is 32.7. The van der Waals surface area contributed by atoms with E-state index in [2.05, 4.69) is 52.1 Å². The Labute approximate surface area is 281 Å². The fourth-order valence-corrected chi connectivity index (χ4v) is 7.81. The summed E-state index contributed by atoms with van der Waals surface area (Å²) in [6, 6.07) is 19.0. The molecule has 0 bridgehead atoms. The molecular formula is C32H33ClN6O4S3. The standard InChI is InChI=1S/C32H33ClN6O4S3/c1-32(2,3)28-20-45-31(35-28)44-19-22-6-4-8-23(16-22)30(40)34-26-17-21(9-14-27(26)43-18-29-36-38-39-37-29)7-5-15-46(41,42)25-12-10-24(33)11-13-25/h4,6,8-14,16-17,20H,5,7,15,18-19H2,1-3H3,(H,34,40)(H,36,37,38,39). The van der Waals surface area contributed by atoms with Crippen LogP contribution in [0.5, 0.6) is 5.75 Å². The Bertz CT molecular complexity index is 1890. The van der Waals surface area contributed by atoms with Gasteiger partial charge in [0.15, 0.2) is 15.7 Å². The topological polar surface area (TPSA) is 140 Å². The number of hydrogen-bond acceptors (Lipinski definition) is 10. The summed E-state index contributed by atoms with van der Waals surface area (Å²) in [5.74, 6) is 1.19. The first-order valence-electron chi connectivity index (χ1n) is 14.4. The summed E-state index contributed by atoms with van der Waals surface area (Å²) in [6.45, 7) is 6.49. The molecule has 0 aliphatic rings. The number of aromatic nitrogens is 5. The molecule has 0 saturated heterocycles. The van der Waals surface area contributed by atoms with E-state index < -0.39 is 9.84 Å². The molecule has 0 radical (unpaired) electrons. The summed E-state index contributed by atoms with van der Waals surface area (Å²) in [5, 5.41) is 19.2. The van der Waals surface area contributed by atoms with Crippen molar-refractivity contribution in [3.63, 3.8) is 0 Å². The number of nitrogens with zero attached hydrogens (tertiary/aromatic N) is 4. The van der Waals surface area contributed by atoms with Crippen LogP contribution in [0.2, 0.25) is 5.02 Å². The molecule has 0 atom stereocenters. The fourth-order valence-electron chi connectivity index (χ4n) is 4.38. The Kier molecular flexibility index (Phi) is 10.8. The van der Waals surface area contributed by atoms with E-state index in [0.29, 0.717) is 46.4 Å². The van der Waals surface area contributed by atoms with Crippen LogP contribution in [0.15, 0.2) is 81.3 Å². The predicted molar refractivity (Wildman–Crippen MR) is 182 cm³/mol. The number of amides is 1. The molecule has 46 heavy (non-hydrogen) atoms. The lowest BCUT2D eigenvalue weighted by Crippen LogP contribution is -2.14. The van der Waals surface area contributed by atoms with E-state index in [1.165, 1.54) is 12.1 Å². The highest BCUT2D eigenvalue weighted by Crippen LogP contribution is 2.32. The molecule has 14 heteroatoms. The van der Waals surface area contributed by atoms with Gasteiger partial charge in [0, 0.05) is 27.1 Å². The van der Waals surface area contributed by atoms with Gasteiger partial charge in [-0.05, 0) is 82.9 Å². The number of thiazole rings is 1. The van der Waals surface area contributed by atoms with E-state index in [1.807, 2.05) is 24.3 Å². The van der Waals surface area contributed by atoms with Crippen molar-refractivity contribution in [3.8, 4) is 5.75 Å². The lowest BCUT2D eigenvalue weighted by molar-refractivity contribution is 0.102. The van der Waals surface area contributed by atoms with Gasteiger partial charge >= 0.3 is 0 Å². The molecule has 0 spiro atoms. The number of aryl methyl sites for hydroxylation is 1. The SMILES string of the molecule is CC(C)(C)c1csc(SCc2cccc(C(=O)Nc3cc(CCCS(=O)(=O)c4ccc(Cl)cc4)ccc3OCc3nnn[nH]3)c2)n1. The molecule has 5 rings (SSSR count). The molecule has 5 aromatic rings. The van der Waals surface area contributed by atoms with Crippen molar-refractivity contribution in [2.75, 3.05) is 11.1 Å². The van der Waals surface area contributed by atoms with E-state index in [9.17, 15) is 13.2 Å². The number of benzene rings is 3. The quantitative estimate of drug-likeness (QED) is 0.123. The number of nitrogens with one attached hydrogen (secondary N) is 2. The number of tetrazole rings is 1. The van der Waals surface area contributed by atoms with Gasteiger partial charge in [0.05, 0.1) is 22.0 Å². The maximum absolute atomic E-state index is 13.5. The van der Waals surface area contributed by atoms with E-state index in [1.54, 1.807) is 53.4 Å². The van der Waals surface area contributed by atoms with Gasteiger partial charge in [-0.15, -0.1) is 16.4 Å². The predicted octanol–water partition coefficient (Wildman–Crippen LogP) is 7.14. The number of hydrogen-bond donors (Lipinski definition) is 2. The van der Waals surface area contributed by atoms with E-state index in [4.69, 9.17) is 21.3 Å². The van der Waals surface area contributed by atoms with Gasteiger partial charge in [-0.1, -0.05) is 62.3 Å². The normalized spacial score (nSPS) is 11.8. The van der Waals surface area contributed by atoms with Crippen molar-refractivity contribution < 1.29 is 17.9 Å². The van der Waals surface area contributed by atoms with Crippen LogP contribution in [0, 0.1) is 0 Å². The minimum atomic E-state index is -3.47. The van der Waals surface area contributed by atoms with Gasteiger partial charge in [-0.3, -0.25) is 4.79 Å². The number of ether oxygens (including phenoxy) is 1. The number of rotatable bonds is 13. The van der Waals surface area contributed by atoms with Crippen LogP contribution in [0.4, 0.5) is 5.69 Å². The number of sulfone groups is 1. The Hall–Kier alpha value is -3.78. The van der Waals surface area contributed by atoms with Crippen molar-refractivity contribution in [2.24, 2.45) is 0 Å². The number of carbonyl (C=O) groups is 1. The maximum Gasteiger partial charge on any atom is 0.255 e.